The van der Waals surface area contributed by atoms with Gasteiger partial charge in [-0.1, -0.05) is 0 Å². The van der Waals surface area contributed by atoms with Gasteiger partial charge in [-0.15, -0.1) is 0 Å². The second-order valence-electron chi connectivity index (χ2n) is 3.35. The van der Waals surface area contributed by atoms with Crippen LogP contribution in [0.2, 0.25) is 0 Å². The highest BCUT2D eigenvalue weighted by molar-refractivity contribution is 4.82. The molecule has 2 atom stereocenters. The maximum atomic E-state index is 4.54. The highest BCUT2D eigenvalue weighted by Crippen LogP contribution is 2.23. The van der Waals surface area contributed by atoms with Crippen LogP contribution in [0.15, 0.2) is 0 Å². The first-order valence-electron chi connectivity index (χ1n) is 4.37. The summed E-state index contributed by atoms with van der Waals surface area (Å²) < 4.78 is 0. The number of fused-ring (bicyclic) bond motifs is 1. The summed E-state index contributed by atoms with van der Waals surface area (Å²) in [5.41, 5.74) is 0. The molecule has 2 heteroatoms. The molecule has 2 unspecified atom stereocenters. The zero-order chi connectivity index (χ0) is 6.81. The van der Waals surface area contributed by atoms with Crippen molar-refractivity contribution in [2.24, 2.45) is 5.92 Å². The van der Waals surface area contributed by atoms with Gasteiger partial charge in [-0.25, -0.2) is 5.32 Å². The standard InChI is InChI=1S/C8H15N2/c1-3-7-4-2-6-10-8(7)9-5-1/h7-9H,1-6H2. The summed E-state index contributed by atoms with van der Waals surface area (Å²) in [7, 11) is 0. The lowest BCUT2D eigenvalue weighted by atomic mass is 9.89. The summed E-state index contributed by atoms with van der Waals surface area (Å²) in [6.07, 6.45) is 6.02. The maximum absolute atomic E-state index is 4.54. The van der Waals surface area contributed by atoms with Crippen LogP contribution in [0.4, 0.5) is 0 Å². The summed E-state index contributed by atoms with van der Waals surface area (Å²) >= 11 is 0. The van der Waals surface area contributed by atoms with Crippen molar-refractivity contribution < 1.29 is 0 Å². The molecule has 1 radical (unpaired) electrons. The zero-order valence-corrected chi connectivity index (χ0v) is 6.34. The molecular formula is C8H15N2. The Morgan fingerprint density at radius 1 is 1.20 bits per heavy atom. The maximum Gasteiger partial charge on any atom is 0.0764 e. The lowest BCUT2D eigenvalue weighted by molar-refractivity contribution is 0.188. The topological polar surface area (TPSA) is 26.1 Å². The van der Waals surface area contributed by atoms with Crippen molar-refractivity contribution in [3.63, 3.8) is 0 Å². The first-order chi connectivity index (χ1) is 4.97. The number of rotatable bonds is 0. The molecule has 2 nitrogen and oxygen atoms in total. The highest BCUT2D eigenvalue weighted by Gasteiger charge is 2.27. The monoisotopic (exact) mass is 139 g/mol. The Kier molecular flexibility index (Phi) is 1.91. The average Bonchev–Trinajstić information content (AvgIpc) is 2.05. The smallest absolute Gasteiger partial charge is 0.0764 e. The van der Waals surface area contributed by atoms with E-state index in [1.165, 1.54) is 32.2 Å². The van der Waals surface area contributed by atoms with E-state index < -0.39 is 0 Å². The van der Waals surface area contributed by atoms with Gasteiger partial charge in [0.1, 0.15) is 0 Å². The fraction of sp³-hybridized carbons (Fsp3) is 1.00. The molecule has 2 fully saturated rings. The summed E-state index contributed by atoms with van der Waals surface area (Å²) in [6, 6.07) is 0. The number of nitrogens with zero attached hydrogens (tertiary/aromatic N) is 1. The summed E-state index contributed by atoms with van der Waals surface area (Å²) in [6.45, 7) is 2.28. The van der Waals surface area contributed by atoms with Gasteiger partial charge in [0.05, 0.1) is 6.17 Å². The number of nitrogens with one attached hydrogen (secondary N) is 1. The van der Waals surface area contributed by atoms with Crippen LogP contribution in [-0.4, -0.2) is 19.3 Å². The molecule has 57 valence electrons. The van der Waals surface area contributed by atoms with Gasteiger partial charge in [0, 0.05) is 6.54 Å². The zero-order valence-electron chi connectivity index (χ0n) is 6.34. The van der Waals surface area contributed by atoms with E-state index in [4.69, 9.17) is 0 Å². The molecule has 0 saturated carbocycles. The van der Waals surface area contributed by atoms with E-state index in [0.717, 1.165) is 12.5 Å². The van der Waals surface area contributed by atoms with Crippen molar-refractivity contribution >= 4 is 0 Å². The Hall–Kier alpha value is -0.0800. The molecule has 2 rings (SSSR count). The van der Waals surface area contributed by atoms with Crippen LogP contribution in [0, 0.1) is 5.92 Å². The third kappa shape index (κ3) is 1.18. The van der Waals surface area contributed by atoms with Crippen molar-refractivity contribution in [2.45, 2.75) is 31.8 Å². The minimum atomic E-state index is 0.530. The van der Waals surface area contributed by atoms with Gasteiger partial charge < -0.3 is 5.32 Å². The van der Waals surface area contributed by atoms with E-state index in [9.17, 15) is 0 Å². The van der Waals surface area contributed by atoms with Gasteiger partial charge in [-0.2, -0.15) is 0 Å². The van der Waals surface area contributed by atoms with Crippen LogP contribution in [0.25, 0.3) is 0 Å². The lowest BCUT2D eigenvalue weighted by Gasteiger charge is -2.35. The third-order valence-electron chi connectivity index (χ3n) is 2.61. The van der Waals surface area contributed by atoms with Crippen molar-refractivity contribution in [1.82, 2.24) is 10.6 Å². The van der Waals surface area contributed by atoms with Crippen LogP contribution < -0.4 is 10.6 Å². The predicted octanol–water partition coefficient (Wildman–Crippen LogP) is 0.710. The molecule has 2 saturated heterocycles. The average molecular weight is 139 g/mol. The summed E-state index contributed by atoms with van der Waals surface area (Å²) in [5, 5.41) is 7.99. The molecule has 2 heterocycles. The van der Waals surface area contributed by atoms with Crippen LogP contribution in [0.3, 0.4) is 0 Å². The third-order valence-corrected chi connectivity index (χ3v) is 2.61. The van der Waals surface area contributed by atoms with E-state index in [2.05, 4.69) is 10.6 Å². The molecule has 0 aromatic rings. The first-order valence-corrected chi connectivity index (χ1v) is 4.37. The largest absolute Gasteiger partial charge is 0.300 e. The minimum Gasteiger partial charge on any atom is -0.300 e. The predicted molar refractivity (Wildman–Crippen MR) is 40.7 cm³/mol. The fourth-order valence-electron chi connectivity index (χ4n) is 2.04. The first kappa shape index (κ1) is 6.62. The molecule has 0 aliphatic carbocycles. The highest BCUT2D eigenvalue weighted by atomic mass is 15.1. The van der Waals surface area contributed by atoms with Gasteiger partial charge in [0.15, 0.2) is 0 Å². The second kappa shape index (κ2) is 2.89. The van der Waals surface area contributed by atoms with Crippen molar-refractivity contribution in [2.75, 3.05) is 13.1 Å². The van der Waals surface area contributed by atoms with Gasteiger partial charge in [0.25, 0.3) is 0 Å². The SMILES string of the molecule is C1C[N]C2NCCCC2C1. The van der Waals surface area contributed by atoms with Crippen LogP contribution in [-0.2, 0) is 0 Å². The molecule has 10 heavy (non-hydrogen) atoms. The molecular weight excluding hydrogens is 124 g/mol. The van der Waals surface area contributed by atoms with Gasteiger partial charge in [-0.05, 0) is 38.1 Å². The molecule has 0 bridgehead atoms. The van der Waals surface area contributed by atoms with Gasteiger partial charge in [0.2, 0.25) is 0 Å². The molecule has 1 N–H and O–H groups in total. The Labute approximate surface area is 62.4 Å². The number of piperidine rings is 2. The Morgan fingerprint density at radius 3 is 3.00 bits per heavy atom. The van der Waals surface area contributed by atoms with Crippen molar-refractivity contribution in [3.05, 3.63) is 0 Å². The van der Waals surface area contributed by atoms with Crippen molar-refractivity contribution in [3.8, 4) is 0 Å². The van der Waals surface area contributed by atoms with E-state index in [1.807, 2.05) is 0 Å². The summed E-state index contributed by atoms with van der Waals surface area (Å²) in [4.78, 5) is 0. The molecule has 2 aliphatic heterocycles. The summed E-state index contributed by atoms with van der Waals surface area (Å²) in [5.74, 6) is 0.877. The second-order valence-corrected chi connectivity index (χ2v) is 3.35. The molecule has 0 amide bonds. The molecule has 2 aliphatic rings. The van der Waals surface area contributed by atoms with Crippen LogP contribution in [0.1, 0.15) is 25.7 Å². The molecule has 0 aromatic carbocycles. The molecule has 0 aromatic heterocycles. The van der Waals surface area contributed by atoms with Crippen molar-refractivity contribution in [1.29, 1.82) is 0 Å². The number of hydrogen-bond donors (Lipinski definition) is 1. The minimum absolute atomic E-state index is 0.530. The van der Waals surface area contributed by atoms with Crippen LogP contribution >= 0.6 is 0 Å². The number of hydrogen-bond acceptors (Lipinski definition) is 1. The fourth-order valence-corrected chi connectivity index (χ4v) is 2.04. The van der Waals surface area contributed by atoms with E-state index in [0.29, 0.717) is 6.17 Å². The Morgan fingerprint density at radius 2 is 2.10 bits per heavy atom. The Bertz CT molecular complexity index is 87.8. The normalized spacial score (nSPS) is 40.8. The lowest BCUT2D eigenvalue weighted by Crippen LogP contribution is -2.50. The van der Waals surface area contributed by atoms with E-state index in [-0.39, 0.29) is 0 Å². The van der Waals surface area contributed by atoms with Gasteiger partial charge in [-0.3, -0.25) is 0 Å². The van der Waals surface area contributed by atoms with Crippen LogP contribution in [0.5, 0.6) is 0 Å². The Balaban J connectivity index is 1.93. The molecule has 0 spiro atoms. The van der Waals surface area contributed by atoms with E-state index >= 15 is 0 Å². The van der Waals surface area contributed by atoms with Gasteiger partial charge >= 0.3 is 0 Å². The quantitative estimate of drug-likeness (QED) is 0.525. The van der Waals surface area contributed by atoms with E-state index in [1.54, 1.807) is 0 Å².